The van der Waals surface area contributed by atoms with Gasteiger partial charge in [-0.1, -0.05) is 85.0 Å². The number of carbonyl (C=O) groups is 2. The van der Waals surface area contributed by atoms with Gasteiger partial charge in [0.25, 0.3) is 0 Å². The Kier molecular flexibility index (Phi) is 13.5. The molecule has 0 bridgehead atoms. The lowest BCUT2D eigenvalue weighted by atomic mass is 10.1. The highest BCUT2D eigenvalue weighted by Crippen LogP contribution is 2.12. The van der Waals surface area contributed by atoms with E-state index >= 15 is 0 Å². The molecule has 0 fully saturated rings. The molecule has 0 aliphatic carbocycles. The smallest absolute Gasteiger partial charge is 0.316 e. The van der Waals surface area contributed by atoms with E-state index in [2.05, 4.69) is 6.92 Å². The van der Waals surface area contributed by atoms with Gasteiger partial charge in [0, 0.05) is 6.42 Å². The lowest BCUT2D eigenvalue weighted by molar-refractivity contribution is -0.162. The Labute approximate surface area is 130 Å². The summed E-state index contributed by atoms with van der Waals surface area (Å²) >= 11 is 0. The van der Waals surface area contributed by atoms with E-state index in [1.54, 1.807) is 13.8 Å². The largest absolute Gasteiger partial charge is 0.393 e. The third-order valence-electron chi connectivity index (χ3n) is 3.67. The van der Waals surface area contributed by atoms with Crippen LogP contribution >= 0.6 is 0 Å². The van der Waals surface area contributed by atoms with Gasteiger partial charge >= 0.3 is 11.9 Å². The van der Waals surface area contributed by atoms with Crippen molar-refractivity contribution in [2.75, 3.05) is 0 Å². The fourth-order valence-corrected chi connectivity index (χ4v) is 2.21. The number of hydrogen-bond donors (Lipinski definition) is 0. The molecule has 21 heavy (non-hydrogen) atoms. The van der Waals surface area contributed by atoms with Crippen molar-refractivity contribution in [1.82, 2.24) is 0 Å². The maximum Gasteiger partial charge on any atom is 0.316 e. The van der Waals surface area contributed by atoms with Crippen molar-refractivity contribution in [3.63, 3.8) is 0 Å². The summed E-state index contributed by atoms with van der Waals surface area (Å²) in [6.07, 6.45) is 14.2. The summed E-state index contributed by atoms with van der Waals surface area (Å²) in [5, 5.41) is 0. The Balaban J connectivity index is 3.25. The molecule has 0 aliphatic heterocycles. The molecule has 0 saturated carbocycles. The summed E-state index contributed by atoms with van der Waals surface area (Å²) in [4.78, 5) is 22.6. The van der Waals surface area contributed by atoms with Crippen molar-refractivity contribution in [3.8, 4) is 0 Å². The topological polar surface area (TPSA) is 43.4 Å². The summed E-state index contributed by atoms with van der Waals surface area (Å²) in [6, 6.07) is 0. The Bertz CT molecular complexity index is 272. The Morgan fingerprint density at radius 2 is 1.19 bits per heavy atom. The van der Waals surface area contributed by atoms with Crippen molar-refractivity contribution in [2.45, 2.75) is 97.8 Å². The zero-order chi connectivity index (χ0) is 15.9. The van der Waals surface area contributed by atoms with Crippen LogP contribution in [0.25, 0.3) is 0 Å². The van der Waals surface area contributed by atoms with Crippen molar-refractivity contribution in [2.24, 2.45) is 5.92 Å². The predicted molar refractivity (Wildman–Crippen MR) is 87.0 cm³/mol. The third-order valence-corrected chi connectivity index (χ3v) is 3.67. The molecule has 0 saturated heterocycles. The van der Waals surface area contributed by atoms with Gasteiger partial charge in [0.2, 0.25) is 0 Å². The first-order valence-corrected chi connectivity index (χ1v) is 8.82. The van der Waals surface area contributed by atoms with Crippen molar-refractivity contribution >= 4 is 11.9 Å². The maximum absolute atomic E-state index is 11.4. The standard InChI is InChI=1S/C18H34O3/c1-4-5-6-7-8-9-10-11-12-13-14-15-17(19)21-18(20)16(2)3/h16H,4-15H2,1-3H3. The van der Waals surface area contributed by atoms with Crippen LogP contribution < -0.4 is 0 Å². The molecule has 0 N–H and O–H groups in total. The molecule has 0 radical (unpaired) electrons. The van der Waals surface area contributed by atoms with E-state index in [0.717, 1.165) is 12.8 Å². The average molecular weight is 298 g/mol. The molecule has 0 atom stereocenters. The molecule has 0 spiro atoms. The van der Waals surface area contributed by atoms with Crippen LogP contribution in [-0.2, 0) is 14.3 Å². The van der Waals surface area contributed by atoms with E-state index in [9.17, 15) is 9.59 Å². The fraction of sp³-hybridized carbons (Fsp3) is 0.889. The van der Waals surface area contributed by atoms with Gasteiger partial charge in [0.15, 0.2) is 0 Å². The van der Waals surface area contributed by atoms with E-state index in [1.807, 2.05) is 0 Å². The van der Waals surface area contributed by atoms with E-state index in [4.69, 9.17) is 4.74 Å². The lowest BCUT2D eigenvalue weighted by Crippen LogP contribution is -2.16. The summed E-state index contributed by atoms with van der Waals surface area (Å²) < 4.78 is 4.73. The minimum absolute atomic E-state index is 0.230. The van der Waals surface area contributed by atoms with Crippen LogP contribution in [0.2, 0.25) is 0 Å². The highest BCUT2D eigenvalue weighted by molar-refractivity contribution is 5.86. The number of unbranched alkanes of at least 4 members (excludes halogenated alkanes) is 10. The first kappa shape index (κ1) is 20.1. The molecule has 0 rings (SSSR count). The SMILES string of the molecule is CCCCCCCCCCCCCC(=O)OC(=O)C(C)C. The normalized spacial score (nSPS) is 10.9. The molecule has 0 aliphatic rings. The van der Waals surface area contributed by atoms with Gasteiger partial charge < -0.3 is 4.74 Å². The van der Waals surface area contributed by atoms with Gasteiger partial charge in [-0.25, -0.2) is 0 Å². The molecule has 3 heteroatoms. The molecule has 0 heterocycles. The number of hydrogen-bond acceptors (Lipinski definition) is 3. The molecule has 0 aromatic heterocycles. The Hall–Kier alpha value is -0.860. The molecular formula is C18H34O3. The van der Waals surface area contributed by atoms with Crippen molar-refractivity contribution in [3.05, 3.63) is 0 Å². The van der Waals surface area contributed by atoms with E-state index in [0.29, 0.717) is 6.42 Å². The molecule has 124 valence electrons. The predicted octanol–water partition coefficient (Wildman–Crippen LogP) is 5.41. The fourth-order valence-electron chi connectivity index (χ4n) is 2.21. The monoisotopic (exact) mass is 298 g/mol. The number of esters is 2. The van der Waals surface area contributed by atoms with Crippen LogP contribution in [0.1, 0.15) is 97.8 Å². The second-order valence-electron chi connectivity index (χ2n) is 6.23. The minimum Gasteiger partial charge on any atom is -0.393 e. The highest BCUT2D eigenvalue weighted by Gasteiger charge is 2.13. The first-order chi connectivity index (χ1) is 10.1. The number of carbonyl (C=O) groups excluding carboxylic acids is 2. The molecule has 0 aromatic carbocycles. The summed E-state index contributed by atoms with van der Waals surface area (Å²) in [5.41, 5.74) is 0. The van der Waals surface area contributed by atoms with Crippen LogP contribution in [0.5, 0.6) is 0 Å². The van der Waals surface area contributed by atoms with Crippen LogP contribution in [0.4, 0.5) is 0 Å². The summed E-state index contributed by atoms with van der Waals surface area (Å²) in [5.74, 6) is -1.01. The lowest BCUT2D eigenvalue weighted by Gasteiger charge is -2.05. The molecule has 3 nitrogen and oxygen atoms in total. The second-order valence-corrected chi connectivity index (χ2v) is 6.23. The van der Waals surface area contributed by atoms with Gasteiger partial charge in [0.05, 0.1) is 5.92 Å². The van der Waals surface area contributed by atoms with Crippen LogP contribution in [-0.4, -0.2) is 11.9 Å². The zero-order valence-electron chi connectivity index (χ0n) is 14.3. The van der Waals surface area contributed by atoms with Gasteiger partial charge in [-0.15, -0.1) is 0 Å². The van der Waals surface area contributed by atoms with Gasteiger partial charge in [-0.2, -0.15) is 0 Å². The van der Waals surface area contributed by atoms with E-state index in [1.165, 1.54) is 57.8 Å². The highest BCUT2D eigenvalue weighted by atomic mass is 16.6. The Morgan fingerprint density at radius 3 is 1.62 bits per heavy atom. The molecule has 0 unspecified atom stereocenters. The van der Waals surface area contributed by atoms with Crippen molar-refractivity contribution in [1.29, 1.82) is 0 Å². The van der Waals surface area contributed by atoms with E-state index in [-0.39, 0.29) is 11.9 Å². The molecular weight excluding hydrogens is 264 g/mol. The van der Waals surface area contributed by atoms with Gasteiger partial charge in [-0.3, -0.25) is 9.59 Å². The molecule has 0 aromatic rings. The minimum atomic E-state index is -0.414. The first-order valence-electron chi connectivity index (χ1n) is 8.82. The third kappa shape index (κ3) is 13.9. The zero-order valence-corrected chi connectivity index (χ0v) is 14.3. The quantitative estimate of drug-likeness (QED) is 0.259. The molecule has 0 amide bonds. The van der Waals surface area contributed by atoms with Gasteiger partial charge in [-0.05, 0) is 6.42 Å². The summed E-state index contributed by atoms with van der Waals surface area (Å²) in [6.45, 7) is 5.71. The number of ether oxygens (including phenoxy) is 1. The average Bonchev–Trinajstić information content (AvgIpc) is 2.44. The van der Waals surface area contributed by atoms with Crippen LogP contribution in [0.15, 0.2) is 0 Å². The van der Waals surface area contributed by atoms with Crippen molar-refractivity contribution < 1.29 is 14.3 Å². The van der Waals surface area contributed by atoms with Crippen LogP contribution in [0.3, 0.4) is 0 Å². The maximum atomic E-state index is 11.4. The number of rotatable bonds is 13. The van der Waals surface area contributed by atoms with Crippen LogP contribution in [0, 0.1) is 5.92 Å². The van der Waals surface area contributed by atoms with Gasteiger partial charge in [0.1, 0.15) is 0 Å². The second kappa shape index (κ2) is 14.1. The Morgan fingerprint density at radius 1 is 0.762 bits per heavy atom. The van der Waals surface area contributed by atoms with E-state index < -0.39 is 5.97 Å². The summed E-state index contributed by atoms with van der Waals surface area (Å²) in [7, 11) is 0.